The van der Waals surface area contributed by atoms with E-state index in [1.54, 1.807) is 0 Å². The molecule has 0 aliphatic carbocycles. The summed E-state index contributed by atoms with van der Waals surface area (Å²) in [5.41, 5.74) is 5.06. The van der Waals surface area contributed by atoms with Crippen LogP contribution in [0.5, 0.6) is 0 Å². The van der Waals surface area contributed by atoms with Crippen LogP contribution in [0.15, 0.2) is 16.9 Å². The average Bonchev–Trinajstić information content (AvgIpc) is 2.20. The Kier molecular flexibility index (Phi) is 3.84. The lowest BCUT2D eigenvalue weighted by Crippen LogP contribution is -2.33. The summed E-state index contributed by atoms with van der Waals surface area (Å²) in [6.45, 7) is 2.45. The number of nitrogens with two attached hydrogens (primary N) is 1. The number of aromatic nitrogens is 2. The summed E-state index contributed by atoms with van der Waals surface area (Å²) >= 11 is 0. The van der Waals surface area contributed by atoms with E-state index in [4.69, 9.17) is 5.73 Å². The third kappa shape index (κ3) is 3.41. The minimum Gasteiger partial charge on any atom is -0.382 e. The standard InChI is InChI=1S/C9H14N4O2/c1-2-5-11-8(14)6-13-9(15)4-3-7(10)12-13/h3-4H,2,5-6H2,1H3,(H2,10,12)(H,11,14). The fourth-order valence-corrected chi connectivity index (χ4v) is 1.03. The van der Waals surface area contributed by atoms with Crippen LogP contribution in [-0.2, 0) is 11.3 Å². The highest BCUT2D eigenvalue weighted by atomic mass is 16.2. The molecule has 0 saturated carbocycles. The molecule has 1 aromatic heterocycles. The first-order valence-corrected chi connectivity index (χ1v) is 4.74. The van der Waals surface area contributed by atoms with Gasteiger partial charge in [-0.15, -0.1) is 0 Å². The number of carbonyl (C=O) groups excluding carboxylic acids is 1. The number of nitrogen functional groups attached to an aromatic ring is 1. The first-order valence-electron chi connectivity index (χ1n) is 4.74. The molecule has 6 nitrogen and oxygen atoms in total. The highest BCUT2D eigenvalue weighted by Crippen LogP contribution is 1.88. The van der Waals surface area contributed by atoms with Crippen LogP contribution in [0.4, 0.5) is 5.82 Å². The topological polar surface area (TPSA) is 90.0 Å². The summed E-state index contributed by atoms with van der Waals surface area (Å²) in [7, 11) is 0. The second-order valence-corrected chi connectivity index (χ2v) is 3.10. The van der Waals surface area contributed by atoms with Crippen LogP contribution in [0, 0.1) is 0 Å². The summed E-state index contributed by atoms with van der Waals surface area (Å²) in [6.07, 6.45) is 0.852. The highest BCUT2D eigenvalue weighted by Gasteiger charge is 2.04. The Morgan fingerprint density at radius 3 is 3.00 bits per heavy atom. The zero-order valence-corrected chi connectivity index (χ0v) is 8.56. The van der Waals surface area contributed by atoms with Crippen molar-refractivity contribution in [3.8, 4) is 0 Å². The maximum atomic E-state index is 11.3. The summed E-state index contributed by atoms with van der Waals surface area (Å²) in [5.74, 6) is -0.0186. The summed E-state index contributed by atoms with van der Waals surface area (Å²) in [6, 6.07) is 2.69. The third-order valence-electron chi connectivity index (χ3n) is 1.75. The molecule has 0 fully saturated rings. The van der Waals surface area contributed by atoms with E-state index in [2.05, 4.69) is 10.4 Å². The predicted octanol–water partition coefficient (Wildman–Crippen LogP) is -0.648. The van der Waals surface area contributed by atoms with Crippen molar-refractivity contribution in [2.45, 2.75) is 19.9 Å². The predicted molar refractivity (Wildman–Crippen MR) is 56.2 cm³/mol. The van der Waals surface area contributed by atoms with Gasteiger partial charge in [-0.2, -0.15) is 5.10 Å². The molecule has 1 aromatic rings. The number of amides is 1. The molecule has 0 saturated heterocycles. The van der Waals surface area contributed by atoms with Gasteiger partial charge in [0.2, 0.25) is 5.91 Å². The smallest absolute Gasteiger partial charge is 0.267 e. The molecule has 0 radical (unpaired) electrons. The van der Waals surface area contributed by atoms with Crippen molar-refractivity contribution < 1.29 is 4.79 Å². The second kappa shape index (κ2) is 5.14. The number of nitrogens with one attached hydrogen (secondary N) is 1. The highest BCUT2D eigenvalue weighted by molar-refractivity contribution is 5.75. The number of anilines is 1. The molecule has 0 bridgehead atoms. The third-order valence-corrected chi connectivity index (χ3v) is 1.75. The largest absolute Gasteiger partial charge is 0.382 e. The van der Waals surface area contributed by atoms with Crippen molar-refractivity contribution in [2.24, 2.45) is 0 Å². The number of rotatable bonds is 4. The van der Waals surface area contributed by atoms with Gasteiger partial charge in [0, 0.05) is 12.6 Å². The first kappa shape index (κ1) is 11.2. The van der Waals surface area contributed by atoms with Crippen molar-refractivity contribution in [2.75, 3.05) is 12.3 Å². The van der Waals surface area contributed by atoms with Crippen LogP contribution in [0.1, 0.15) is 13.3 Å². The van der Waals surface area contributed by atoms with Gasteiger partial charge >= 0.3 is 0 Å². The molecule has 1 rings (SSSR count). The first-order chi connectivity index (χ1) is 7.13. The Labute approximate surface area is 87.1 Å². The molecule has 0 atom stereocenters. The van der Waals surface area contributed by atoms with Crippen LogP contribution in [0.3, 0.4) is 0 Å². The fraction of sp³-hybridized carbons (Fsp3) is 0.444. The van der Waals surface area contributed by atoms with Gasteiger partial charge in [-0.3, -0.25) is 9.59 Å². The molecule has 0 spiro atoms. The Balaban J connectivity index is 2.68. The molecule has 3 N–H and O–H groups in total. The number of carbonyl (C=O) groups is 1. The lowest BCUT2D eigenvalue weighted by atomic mass is 10.4. The van der Waals surface area contributed by atoms with Gasteiger partial charge in [0.1, 0.15) is 12.4 Å². The van der Waals surface area contributed by atoms with Crippen LogP contribution >= 0.6 is 0 Å². The monoisotopic (exact) mass is 210 g/mol. The second-order valence-electron chi connectivity index (χ2n) is 3.10. The maximum Gasteiger partial charge on any atom is 0.267 e. The summed E-state index contributed by atoms with van der Waals surface area (Å²) in [4.78, 5) is 22.5. The van der Waals surface area contributed by atoms with Gasteiger partial charge in [0.25, 0.3) is 5.56 Å². The zero-order chi connectivity index (χ0) is 11.3. The Morgan fingerprint density at radius 1 is 1.60 bits per heavy atom. The number of nitrogens with zero attached hydrogens (tertiary/aromatic N) is 2. The van der Waals surface area contributed by atoms with Crippen LogP contribution < -0.4 is 16.6 Å². The number of hydrogen-bond donors (Lipinski definition) is 2. The van der Waals surface area contributed by atoms with Crippen molar-refractivity contribution >= 4 is 11.7 Å². The van der Waals surface area contributed by atoms with Gasteiger partial charge in [-0.1, -0.05) is 6.92 Å². The molecule has 82 valence electrons. The molecule has 1 amide bonds. The molecule has 0 aliphatic heterocycles. The SMILES string of the molecule is CCCNC(=O)Cn1nc(N)ccc1=O. The van der Waals surface area contributed by atoms with Gasteiger partial charge < -0.3 is 11.1 Å². The van der Waals surface area contributed by atoms with Gasteiger partial charge in [-0.05, 0) is 12.5 Å². The van der Waals surface area contributed by atoms with E-state index in [0.717, 1.165) is 11.1 Å². The molecule has 15 heavy (non-hydrogen) atoms. The summed E-state index contributed by atoms with van der Waals surface area (Å²) in [5, 5.41) is 6.39. The molecular weight excluding hydrogens is 196 g/mol. The van der Waals surface area contributed by atoms with Crippen molar-refractivity contribution in [1.82, 2.24) is 15.1 Å². The molecule has 0 unspecified atom stereocenters. The summed E-state index contributed by atoms with van der Waals surface area (Å²) < 4.78 is 1.04. The van der Waals surface area contributed by atoms with E-state index in [9.17, 15) is 9.59 Å². The van der Waals surface area contributed by atoms with Crippen molar-refractivity contribution in [3.63, 3.8) is 0 Å². The van der Waals surface area contributed by atoms with Gasteiger partial charge in [0.15, 0.2) is 0 Å². The Bertz CT molecular complexity index is 399. The molecule has 0 aliphatic rings. The van der Waals surface area contributed by atoms with E-state index < -0.39 is 0 Å². The normalized spacial score (nSPS) is 9.93. The van der Waals surface area contributed by atoms with Gasteiger partial charge in [0.05, 0.1) is 0 Å². The number of hydrogen-bond acceptors (Lipinski definition) is 4. The van der Waals surface area contributed by atoms with E-state index in [-0.39, 0.29) is 23.8 Å². The zero-order valence-electron chi connectivity index (χ0n) is 8.56. The lowest BCUT2D eigenvalue weighted by Gasteiger charge is -2.05. The van der Waals surface area contributed by atoms with Crippen LogP contribution in [0.25, 0.3) is 0 Å². The van der Waals surface area contributed by atoms with Crippen LogP contribution in [0.2, 0.25) is 0 Å². The Hall–Kier alpha value is -1.85. The molecule has 1 heterocycles. The molecule has 6 heteroatoms. The van der Waals surface area contributed by atoms with E-state index in [1.807, 2.05) is 6.92 Å². The van der Waals surface area contributed by atoms with Gasteiger partial charge in [-0.25, -0.2) is 4.68 Å². The lowest BCUT2D eigenvalue weighted by molar-refractivity contribution is -0.121. The maximum absolute atomic E-state index is 11.3. The van der Waals surface area contributed by atoms with E-state index >= 15 is 0 Å². The quantitative estimate of drug-likeness (QED) is 0.691. The van der Waals surface area contributed by atoms with E-state index in [1.165, 1.54) is 12.1 Å². The minimum atomic E-state index is -0.337. The minimum absolute atomic E-state index is 0.0934. The van der Waals surface area contributed by atoms with Crippen molar-refractivity contribution in [1.29, 1.82) is 0 Å². The molecule has 0 aromatic carbocycles. The molecular formula is C9H14N4O2. The fourth-order valence-electron chi connectivity index (χ4n) is 1.03. The van der Waals surface area contributed by atoms with Crippen molar-refractivity contribution in [3.05, 3.63) is 22.5 Å². The van der Waals surface area contributed by atoms with E-state index in [0.29, 0.717) is 6.54 Å². The Morgan fingerprint density at radius 2 is 2.33 bits per heavy atom. The average molecular weight is 210 g/mol. The van der Waals surface area contributed by atoms with Crippen LogP contribution in [-0.4, -0.2) is 22.2 Å².